The molecule has 1 aromatic heterocycles. The van der Waals surface area contributed by atoms with Crippen molar-refractivity contribution in [3.8, 4) is 0 Å². The molecule has 3 heterocycles. The van der Waals surface area contributed by atoms with Gasteiger partial charge in [0.25, 0.3) is 10.0 Å². The number of hydrogen-bond acceptors (Lipinski definition) is 5. The van der Waals surface area contributed by atoms with Gasteiger partial charge in [0.05, 0.1) is 19.3 Å². The summed E-state index contributed by atoms with van der Waals surface area (Å²) in [6.45, 7) is 3.51. The van der Waals surface area contributed by atoms with Gasteiger partial charge in [0.15, 0.2) is 0 Å². The summed E-state index contributed by atoms with van der Waals surface area (Å²) in [5.41, 5.74) is 0. The fraction of sp³-hybridized carbons (Fsp3) is 0.765. The van der Waals surface area contributed by atoms with Crippen molar-refractivity contribution >= 4 is 10.0 Å². The average molecular weight is 354 g/mol. The number of sulfonamides is 1. The highest BCUT2D eigenvalue weighted by Gasteiger charge is 2.35. The van der Waals surface area contributed by atoms with E-state index in [1.165, 1.54) is 17.1 Å². The molecule has 0 aromatic carbocycles. The lowest BCUT2D eigenvalue weighted by Gasteiger charge is -2.43. The van der Waals surface area contributed by atoms with Gasteiger partial charge in [-0.05, 0) is 37.8 Å². The van der Waals surface area contributed by atoms with Gasteiger partial charge in [0.1, 0.15) is 5.76 Å². The van der Waals surface area contributed by atoms with Crippen molar-refractivity contribution in [3.05, 3.63) is 17.9 Å². The number of rotatable bonds is 4. The summed E-state index contributed by atoms with van der Waals surface area (Å²) in [5.74, 6) is 0.735. The van der Waals surface area contributed by atoms with Crippen molar-refractivity contribution in [1.82, 2.24) is 9.21 Å². The lowest BCUT2D eigenvalue weighted by atomic mass is 9.90. The van der Waals surface area contributed by atoms with Crippen molar-refractivity contribution in [2.45, 2.75) is 62.3 Å². The first-order valence-electron chi connectivity index (χ1n) is 9.09. The summed E-state index contributed by atoms with van der Waals surface area (Å²) in [4.78, 5) is 2.40. The molecule has 7 heteroatoms. The van der Waals surface area contributed by atoms with E-state index in [1.807, 2.05) is 6.07 Å². The monoisotopic (exact) mass is 354 g/mol. The van der Waals surface area contributed by atoms with Crippen LogP contribution in [0.2, 0.25) is 0 Å². The Labute approximate surface area is 143 Å². The molecule has 24 heavy (non-hydrogen) atoms. The molecule has 2 aliphatic heterocycles. The predicted octanol–water partition coefficient (Wildman–Crippen LogP) is 2.21. The average Bonchev–Trinajstić information content (AvgIpc) is 3.28. The third kappa shape index (κ3) is 3.14. The number of hydrogen-bond donors (Lipinski definition) is 0. The zero-order chi connectivity index (χ0) is 16.6. The fourth-order valence-corrected chi connectivity index (χ4v) is 5.66. The molecule has 2 atom stereocenters. The third-order valence-corrected chi connectivity index (χ3v) is 7.28. The Morgan fingerprint density at radius 2 is 1.83 bits per heavy atom. The summed E-state index contributed by atoms with van der Waals surface area (Å²) in [6, 6.07) is 3.87. The number of fused-ring (bicyclic) bond motifs is 1. The lowest BCUT2D eigenvalue weighted by molar-refractivity contribution is -0.0928. The molecule has 0 bridgehead atoms. The molecule has 0 spiro atoms. The van der Waals surface area contributed by atoms with Crippen LogP contribution in [-0.2, 0) is 21.3 Å². The second-order valence-corrected chi connectivity index (χ2v) is 8.93. The Kier molecular flexibility index (Phi) is 4.68. The van der Waals surface area contributed by atoms with E-state index >= 15 is 0 Å². The maximum Gasteiger partial charge on any atom is 0.276 e. The molecular formula is C17H26N2O4S. The van der Waals surface area contributed by atoms with Gasteiger partial charge < -0.3 is 9.15 Å². The van der Waals surface area contributed by atoms with E-state index in [-0.39, 0.29) is 5.09 Å². The van der Waals surface area contributed by atoms with E-state index in [0.717, 1.165) is 44.6 Å². The first-order chi connectivity index (χ1) is 11.6. The van der Waals surface area contributed by atoms with Gasteiger partial charge >= 0.3 is 0 Å². The van der Waals surface area contributed by atoms with Crippen LogP contribution in [-0.4, -0.2) is 56.0 Å². The van der Waals surface area contributed by atoms with Crippen molar-refractivity contribution < 1.29 is 17.6 Å². The fourth-order valence-electron chi connectivity index (χ4n) is 4.21. The number of nitrogens with zero attached hydrogens (tertiary/aromatic N) is 2. The Hall–Kier alpha value is -0.890. The van der Waals surface area contributed by atoms with Gasteiger partial charge in [-0.2, -0.15) is 4.31 Å². The molecule has 0 N–H and O–H groups in total. The maximum atomic E-state index is 12.6. The van der Waals surface area contributed by atoms with E-state index in [9.17, 15) is 8.42 Å². The van der Waals surface area contributed by atoms with Crippen molar-refractivity contribution in [1.29, 1.82) is 0 Å². The zero-order valence-electron chi connectivity index (χ0n) is 14.0. The maximum absolute atomic E-state index is 12.6. The van der Waals surface area contributed by atoms with Crippen molar-refractivity contribution in [2.24, 2.45) is 0 Å². The molecule has 2 unspecified atom stereocenters. The lowest BCUT2D eigenvalue weighted by Crippen LogP contribution is -2.52. The summed E-state index contributed by atoms with van der Waals surface area (Å²) in [5, 5.41) is 0.0906. The van der Waals surface area contributed by atoms with Gasteiger partial charge in [0, 0.05) is 25.7 Å². The molecule has 4 rings (SSSR count). The van der Waals surface area contributed by atoms with Crippen LogP contribution in [0.1, 0.15) is 44.3 Å². The van der Waals surface area contributed by atoms with Gasteiger partial charge in [-0.25, -0.2) is 8.42 Å². The van der Waals surface area contributed by atoms with Crippen LogP contribution in [0.4, 0.5) is 0 Å². The molecule has 1 aliphatic carbocycles. The highest BCUT2D eigenvalue weighted by atomic mass is 32.2. The molecule has 0 radical (unpaired) electrons. The predicted molar refractivity (Wildman–Crippen MR) is 89.1 cm³/mol. The minimum absolute atomic E-state index is 0.0906. The van der Waals surface area contributed by atoms with E-state index < -0.39 is 10.0 Å². The van der Waals surface area contributed by atoms with Crippen molar-refractivity contribution in [2.75, 3.05) is 26.2 Å². The van der Waals surface area contributed by atoms with Crippen molar-refractivity contribution in [3.63, 3.8) is 0 Å². The van der Waals surface area contributed by atoms with Crippen LogP contribution in [0.25, 0.3) is 0 Å². The Morgan fingerprint density at radius 1 is 1.04 bits per heavy atom. The number of morpholine rings is 1. The van der Waals surface area contributed by atoms with E-state index in [1.54, 1.807) is 6.07 Å². The molecule has 3 aliphatic rings. The summed E-state index contributed by atoms with van der Waals surface area (Å²) in [7, 11) is -3.46. The van der Waals surface area contributed by atoms with Crippen LogP contribution >= 0.6 is 0 Å². The third-order valence-electron chi connectivity index (χ3n) is 5.50. The molecule has 134 valence electrons. The normalized spacial score (nSPS) is 29.7. The summed E-state index contributed by atoms with van der Waals surface area (Å²) >= 11 is 0. The smallest absolute Gasteiger partial charge is 0.276 e. The standard InChI is InChI=1S/C17H26N2O4S/c20-24(21,19-9-3-4-10-19)17-8-7-14(23-17)13-18-11-12-22-16-6-2-1-5-15(16)18/h7-8,15-16H,1-6,9-13H2. The zero-order valence-corrected chi connectivity index (χ0v) is 14.8. The van der Waals surface area contributed by atoms with Crippen LogP contribution in [0.3, 0.4) is 0 Å². The molecule has 1 saturated carbocycles. The number of ether oxygens (including phenoxy) is 1. The highest BCUT2D eigenvalue weighted by Crippen LogP contribution is 2.30. The van der Waals surface area contributed by atoms with Gasteiger partial charge in [-0.15, -0.1) is 0 Å². The van der Waals surface area contributed by atoms with Crippen LogP contribution in [0.15, 0.2) is 21.6 Å². The van der Waals surface area contributed by atoms with E-state index in [2.05, 4.69) is 4.90 Å². The largest absolute Gasteiger partial charge is 0.447 e. The molecule has 1 aromatic rings. The van der Waals surface area contributed by atoms with Gasteiger partial charge in [-0.1, -0.05) is 12.8 Å². The first kappa shape index (κ1) is 16.6. The quantitative estimate of drug-likeness (QED) is 0.829. The second kappa shape index (κ2) is 6.78. The molecule has 6 nitrogen and oxygen atoms in total. The van der Waals surface area contributed by atoms with Gasteiger partial charge in [0.2, 0.25) is 5.09 Å². The molecule has 3 fully saturated rings. The Morgan fingerprint density at radius 3 is 2.67 bits per heavy atom. The van der Waals surface area contributed by atoms with Crippen LogP contribution in [0, 0.1) is 0 Å². The first-order valence-corrected chi connectivity index (χ1v) is 10.5. The summed E-state index contributed by atoms with van der Waals surface area (Å²) < 4.78 is 38.3. The topological polar surface area (TPSA) is 63.0 Å². The second-order valence-electron chi connectivity index (χ2n) is 7.06. The molecule has 0 amide bonds. The SMILES string of the molecule is O=S(=O)(c1ccc(CN2CCOC3CCCCC32)o1)N1CCCC1. The highest BCUT2D eigenvalue weighted by molar-refractivity contribution is 7.89. The number of furan rings is 1. The Bertz CT molecular complexity index is 664. The minimum Gasteiger partial charge on any atom is -0.447 e. The minimum atomic E-state index is -3.46. The van der Waals surface area contributed by atoms with E-state index in [0.29, 0.717) is 31.8 Å². The van der Waals surface area contributed by atoms with E-state index in [4.69, 9.17) is 9.15 Å². The molecule has 2 saturated heterocycles. The van der Waals surface area contributed by atoms with Crippen LogP contribution in [0.5, 0.6) is 0 Å². The summed E-state index contributed by atoms with van der Waals surface area (Å²) in [6.07, 6.45) is 6.98. The molecular weight excluding hydrogens is 328 g/mol. The van der Waals surface area contributed by atoms with Gasteiger partial charge in [-0.3, -0.25) is 4.90 Å². The Balaban J connectivity index is 1.47. The van der Waals surface area contributed by atoms with Crippen LogP contribution < -0.4 is 0 Å².